The Labute approximate surface area is 195 Å². The number of benzene rings is 1. The third kappa shape index (κ3) is 5.90. The van der Waals surface area contributed by atoms with E-state index in [1.54, 1.807) is 42.1 Å². The second-order valence-corrected chi connectivity index (χ2v) is 11.1. The number of amides is 1. The number of hydrogen-bond donors (Lipinski definition) is 1. The molecular weight excluding hydrogens is 446 g/mol. The average Bonchev–Trinajstić information content (AvgIpc) is 3.17. The largest absolute Gasteiger partial charge is 0.355 e. The highest BCUT2D eigenvalue weighted by Crippen LogP contribution is 2.25. The summed E-state index contributed by atoms with van der Waals surface area (Å²) in [6, 6.07) is 7.67. The van der Waals surface area contributed by atoms with E-state index >= 15 is 0 Å². The van der Waals surface area contributed by atoms with Gasteiger partial charge in [-0.3, -0.25) is 4.79 Å². The number of sulfonamides is 1. The SMILES string of the molecule is CSc1nnc(CCCNC(=O)C2CCCCN2S(=O)(=O)c2ccccc2)n1CC(C)C. The number of nitrogens with one attached hydrogen (secondary N) is 1. The van der Waals surface area contributed by atoms with Crippen LogP contribution in [0.2, 0.25) is 0 Å². The van der Waals surface area contributed by atoms with Crippen LogP contribution in [0, 0.1) is 5.92 Å². The molecule has 0 aliphatic carbocycles. The number of carbonyl (C=O) groups excluding carboxylic acids is 1. The van der Waals surface area contributed by atoms with Gasteiger partial charge in [-0.25, -0.2) is 8.42 Å². The van der Waals surface area contributed by atoms with Gasteiger partial charge in [0.15, 0.2) is 5.16 Å². The second-order valence-electron chi connectivity index (χ2n) is 8.44. The van der Waals surface area contributed by atoms with Crippen LogP contribution in [-0.4, -0.2) is 58.8 Å². The fraction of sp³-hybridized carbons (Fsp3) is 0.591. The minimum absolute atomic E-state index is 0.224. The molecule has 176 valence electrons. The first-order valence-corrected chi connectivity index (χ1v) is 13.8. The quantitative estimate of drug-likeness (QED) is 0.416. The van der Waals surface area contributed by atoms with Crippen molar-refractivity contribution in [2.75, 3.05) is 19.3 Å². The van der Waals surface area contributed by atoms with Crippen LogP contribution < -0.4 is 5.32 Å². The van der Waals surface area contributed by atoms with Crippen LogP contribution in [0.1, 0.15) is 45.4 Å². The van der Waals surface area contributed by atoms with Gasteiger partial charge < -0.3 is 9.88 Å². The van der Waals surface area contributed by atoms with Crippen LogP contribution in [0.15, 0.2) is 40.4 Å². The second kappa shape index (κ2) is 11.3. The van der Waals surface area contributed by atoms with Crippen molar-refractivity contribution in [2.45, 2.75) is 68.6 Å². The van der Waals surface area contributed by atoms with Crippen LogP contribution in [0.4, 0.5) is 0 Å². The average molecular weight is 480 g/mol. The Balaban J connectivity index is 1.59. The van der Waals surface area contributed by atoms with Crippen molar-refractivity contribution in [1.29, 1.82) is 0 Å². The Hall–Kier alpha value is -1.91. The number of aryl methyl sites for hydroxylation is 1. The number of piperidine rings is 1. The Morgan fingerprint density at radius 2 is 1.97 bits per heavy atom. The molecule has 0 spiro atoms. The number of hydrogen-bond acceptors (Lipinski definition) is 6. The van der Waals surface area contributed by atoms with E-state index in [-0.39, 0.29) is 10.8 Å². The third-order valence-corrected chi connectivity index (χ3v) is 8.10. The summed E-state index contributed by atoms with van der Waals surface area (Å²) < 4.78 is 29.7. The monoisotopic (exact) mass is 479 g/mol. The zero-order valence-electron chi connectivity index (χ0n) is 19.0. The molecule has 0 bridgehead atoms. The number of nitrogens with zero attached hydrogens (tertiary/aromatic N) is 4. The minimum atomic E-state index is -3.70. The molecule has 0 saturated carbocycles. The lowest BCUT2D eigenvalue weighted by Crippen LogP contribution is -2.51. The molecule has 1 aliphatic heterocycles. The summed E-state index contributed by atoms with van der Waals surface area (Å²) in [6.45, 7) is 6.02. The highest BCUT2D eigenvalue weighted by molar-refractivity contribution is 7.98. The van der Waals surface area contributed by atoms with Crippen molar-refractivity contribution in [3.63, 3.8) is 0 Å². The van der Waals surface area contributed by atoms with Crippen LogP contribution >= 0.6 is 11.8 Å². The highest BCUT2D eigenvalue weighted by atomic mass is 32.2. The van der Waals surface area contributed by atoms with Gasteiger partial charge in [0.05, 0.1) is 4.90 Å². The lowest BCUT2D eigenvalue weighted by molar-refractivity contribution is -0.125. The summed E-state index contributed by atoms with van der Waals surface area (Å²) >= 11 is 1.58. The normalized spacial score (nSPS) is 17.6. The predicted molar refractivity (Wildman–Crippen MR) is 126 cm³/mol. The maximum absolute atomic E-state index is 13.1. The molecule has 1 amide bonds. The van der Waals surface area contributed by atoms with Crippen molar-refractivity contribution in [3.05, 3.63) is 36.2 Å². The summed E-state index contributed by atoms with van der Waals surface area (Å²) in [5, 5.41) is 12.4. The minimum Gasteiger partial charge on any atom is -0.355 e. The fourth-order valence-corrected chi connectivity index (χ4v) is 6.16. The number of thioether (sulfide) groups is 1. The molecule has 1 unspecified atom stereocenters. The van der Waals surface area contributed by atoms with Gasteiger partial charge >= 0.3 is 0 Å². The van der Waals surface area contributed by atoms with Crippen molar-refractivity contribution in [3.8, 4) is 0 Å². The van der Waals surface area contributed by atoms with Gasteiger partial charge in [0.1, 0.15) is 11.9 Å². The highest BCUT2D eigenvalue weighted by Gasteiger charge is 2.37. The van der Waals surface area contributed by atoms with E-state index in [9.17, 15) is 13.2 Å². The molecule has 8 nitrogen and oxygen atoms in total. The number of carbonyl (C=O) groups is 1. The zero-order valence-corrected chi connectivity index (χ0v) is 20.7. The van der Waals surface area contributed by atoms with Gasteiger partial charge in [-0.15, -0.1) is 10.2 Å². The van der Waals surface area contributed by atoms with E-state index in [1.165, 1.54) is 4.31 Å². The van der Waals surface area contributed by atoms with Gasteiger partial charge in [0.25, 0.3) is 0 Å². The van der Waals surface area contributed by atoms with Crippen molar-refractivity contribution < 1.29 is 13.2 Å². The molecule has 1 aliphatic rings. The van der Waals surface area contributed by atoms with Gasteiger partial charge in [-0.2, -0.15) is 4.31 Å². The van der Waals surface area contributed by atoms with Gasteiger partial charge in [-0.05, 0) is 43.6 Å². The first-order valence-electron chi connectivity index (χ1n) is 11.1. The standard InChI is InChI=1S/C22H33N5O3S2/c1-17(2)16-26-20(24-25-22(26)31-3)13-9-14-23-21(28)19-12-7-8-15-27(19)32(29,30)18-10-5-4-6-11-18/h4-6,10-11,17,19H,7-9,12-16H2,1-3H3,(H,23,28). The molecule has 1 atom stereocenters. The summed E-state index contributed by atoms with van der Waals surface area (Å²) in [5.74, 6) is 1.18. The number of aromatic nitrogens is 3. The van der Waals surface area contributed by atoms with Gasteiger partial charge in [0, 0.05) is 26.1 Å². The zero-order chi connectivity index (χ0) is 23.1. The molecule has 1 aromatic heterocycles. The van der Waals surface area contributed by atoms with E-state index in [0.29, 0.717) is 38.3 Å². The fourth-order valence-electron chi connectivity index (χ4n) is 3.96. The van der Waals surface area contributed by atoms with Crippen molar-refractivity contribution in [2.24, 2.45) is 5.92 Å². The molecule has 3 rings (SSSR count). The molecule has 2 aromatic rings. The summed E-state index contributed by atoms with van der Waals surface area (Å²) in [6.07, 6.45) is 5.56. The van der Waals surface area contributed by atoms with Crippen LogP contribution in [0.5, 0.6) is 0 Å². The molecule has 1 saturated heterocycles. The molecule has 1 N–H and O–H groups in total. The summed E-state index contributed by atoms with van der Waals surface area (Å²) in [7, 11) is -3.70. The van der Waals surface area contributed by atoms with Crippen LogP contribution in [0.3, 0.4) is 0 Å². The maximum atomic E-state index is 13.1. The molecule has 0 radical (unpaired) electrons. The van der Waals surface area contributed by atoms with Crippen LogP contribution in [0.25, 0.3) is 0 Å². The summed E-state index contributed by atoms with van der Waals surface area (Å²) in [5.41, 5.74) is 0. The van der Waals surface area contributed by atoms with E-state index in [0.717, 1.165) is 30.4 Å². The Bertz CT molecular complexity index is 992. The van der Waals surface area contributed by atoms with Crippen molar-refractivity contribution >= 4 is 27.7 Å². The summed E-state index contributed by atoms with van der Waals surface area (Å²) in [4.78, 5) is 13.1. The van der Waals surface area contributed by atoms with E-state index in [4.69, 9.17) is 0 Å². The Kier molecular flexibility index (Phi) is 8.72. The van der Waals surface area contributed by atoms with E-state index < -0.39 is 16.1 Å². The predicted octanol–water partition coefficient (Wildman–Crippen LogP) is 2.95. The van der Waals surface area contributed by atoms with E-state index in [1.807, 2.05) is 6.26 Å². The molecule has 2 heterocycles. The molecule has 1 aromatic carbocycles. The third-order valence-electron chi connectivity index (χ3n) is 5.51. The lowest BCUT2D eigenvalue weighted by Gasteiger charge is -2.33. The molecule has 10 heteroatoms. The van der Waals surface area contributed by atoms with Crippen molar-refractivity contribution in [1.82, 2.24) is 24.4 Å². The molecule has 32 heavy (non-hydrogen) atoms. The molecule has 1 fully saturated rings. The first kappa shape index (κ1) is 24.7. The number of rotatable bonds is 10. The van der Waals surface area contributed by atoms with Gasteiger partial charge in [0.2, 0.25) is 15.9 Å². The lowest BCUT2D eigenvalue weighted by atomic mass is 10.0. The topological polar surface area (TPSA) is 97.2 Å². The van der Waals surface area contributed by atoms with Crippen LogP contribution in [-0.2, 0) is 27.8 Å². The Morgan fingerprint density at radius 3 is 2.66 bits per heavy atom. The maximum Gasteiger partial charge on any atom is 0.243 e. The first-order chi connectivity index (χ1) is 15.3. The van der Waals surface area contributed by atoms with E-state index in [2.05, 4.69) is 33.9 Å². The smallest absolute Gasteiger partial charge is 0.243 e. The Morgan fingerprint density at radius 1 is 1.22 bits per heavy atom. The molecular formula is C22H33N5O3S2. The van der Waals surface area contributed by atoms with Gasteiger partial charge in [-0.1, -0.05) is 50.2 Å².